The molecular weight excluding hydrogens is 476 g/mol. The minimum absolute atomic E-state index is 0.132. The Hall–Kier alpha value is -3.39. The first-order valence-electron chi connectivity index (χ1n) is 11.8. The molecule has 0 radical (unpaired) electrons. The average Bonchev–Trinajstić information content (AvgIpc) is 2.89. The number of aliphatic hydroxyl groups is 1. The summed E-state index contributed by atoms with van der Waals surface area (Å²) >= 11 is 0. The number of ether oxygens (including phenoxy) is 2. The Bertz CT molecular complexity index is 1240. The Balaban J connectivity index is 1.41. The van der Waals surface area contributed by atoms with Crippen molar-refractivity contribution in [3.63, 3.8) is 0 Å². The van der Waals surface area contributed by atoms with Crippen LogP contribution in [0.2, 0.25) is 0 Å². The van der Waals surface area contributed by atoms with Gasteiger partial charge < -0.3 is 14.6 Å². The summed E-state index contributed by atoms with van der Waals surface area (Å²) in [7, 11) is 0. The molecular formula is C28H26F4O4. The molecule has 4 nitrogen and oxygen atoms in total. The van der Waals surface area contributed by atoms with Crippen LogP contribution in [0.5, 0.6) is 5.75 Å². The maximum Gasteiger partial charge on any atom is 0.341 e. The number of halogens is 4. The molecule has 0 amide bonds. The Morgan fingerprint density at radius 2 is 1.56 bits per heavy atom. The van der Waals surface area contributed by atoms with Gasteiger partial charge in [0.25, 0.3) is 0 Å². The molecule has 0 unspecified atom stereocenters. The number of carbonyl (C=O) groups is 1. The van der Waals surface area contributed by atoms with E-state index in [-0.39, 0.29) is 36.0 Å². The summed E-state index contributed by atoms with van der Waals surface area (Å²) in [5, 5.41) is 9.16. The third-order valence-electron chi connectivity index (χ3n) is 6.51. The predicted octanol–water partition coefficient (Wildman–Crippen LogP) is 6.68. The molecule has 1 aliphatic rings. The smallest absolute Gasteiger partial charge is 0.341 e. The van der Waals surface area contributed by atoms with Crippen LogP contribution >= 0.6 is 0 Å². The molecule has 190 valence electrons. The lowest BCUT2D eigenvalue weighted by Crippen LogP contribution is -2.25. The molecule has 1 saturated carbocycles. The molecule has 4 rings (SSSR count). The second kappa shape index (κ2) is 11.1. The quantitative estimate of drug-likeness (QED) is 0.289. The maximum atomic E-state index is 15.0. The fourth-order valence-corrected chi connectivity index (χ4v) is 4.56. The van der Waals surface area contributed by atoms with E-state index in [1.165, 1.54) is 12.1 Å². The van der Waals surface area contributed by atoms with Crippen molar-refractivity contribution in [1.82, 2.24) is 0 Å². The van der Waals surface area contributed by atoms with Gasteiger partial charge in [-0.1, -0.05) is 36.4 Å². The van der Waals surface area contributed by atoms with Crippen LogP contribution in [0.3, 0.4) is 0 Å². The molecule has 1 fully saturated rings. The molecule has 3 aromatic carbocycles. The topological polar surface area (TPSA) is 55.8 Å². The van der Waals surface area contributed by atoms with Gasteiger partial charge in [0.05, 0.1) is 18.8 Å². The van der Waals surface area contributed by atoms with Gasteiger partial charge in [-0.2, -0.15) is 4.39 Å². The van der Waals surface area contributed by atoms with Gasteiger partial charge in [0, 0.05) is 5.56 Å². The normalized spacial score (nSPS) is 17.6. The third-order valence-corrected chi connectivity index (χ3v) is 6.51. The number of rotatable bonds is 7. The summed E-state index contributed by atoms with van der Waals surface area (Å²) in [6.07, 6.45) is 1.10. The first-order chi connectivity index (χ1) is 17.3. The van der Waals surface area contributed by atoms with Crippen molar-refractivity contribution >= 4 is 5.97 Å². The second-order valence-electron chi connectivity index (χ2n) is 8.74. The number of aliphatic hydroxyl groups excluding tert-OH is 1. The lowest BCUT2D eigenvalue weighted by atomic mass is 9.82. The highest BCUT2D eigenvalue weighted by atomic mass is 19.2. The SMILES string of the molecule is CCOc1ccc(C(=O)OC2CCC(c3ccc(-c4ccc(CO)cc4)c(F)c3F)CC2)c(F)c1F. The summed E-state index contributed by atoms with van der Waals surface area (Å²) in [5.41, 5.74) is 1.04. The molecule has 1 N–H and O–H groups in total. The molecule has 1 aliphatic carbocycles. The Morgan fingerprint density at radius 3 is 2.19 bits per heavy atom. The highest BCUT2D eigenvalue weighted by Gasteiger charge is 2.30. The monoisotopic (exact) mass is 502 g/mol. The number of benzene rings is 3. The van der Waals surface area contributed by atoms with Gasteiger partial charge in [0.15, 0.2) is 23.2 Å². The van der Waals surface area contributed by atoms with Crippen molar-refractivity contribution in [2.75, 3.05) is 6.61 Å². The molecule has 8 heteroatoms. The summed E-state index contributed by atoms with van der Waals surface area (Å²) in [5.74, 6) is -5.96. The van der Waals surface area contributed by atoms with Crippen molar-refractivity contribution in [3.05, 3.63) is 88.5 Å². The van der Waals surface area contributed by atoms with E-state index >= 15 is 0 Å². The van der Waals surface area contributed by atoms with Crippen molar-refractivity contribution in [1.29, 1.82) is 0 Å². The molecule has 0 spiro atoms. The third kappa shape index (κ3) is 5.23. The molecule has 0 bridgehead atoms. The fraction of sp³-hybridized carbons (Fsp3) is 0.321. The first-order valence-corrected chi connectivity index (χ1v) is 11.8. The highest BCUT2D eigenvalue weighted by Crippen LogP contribution is 2.38. The lowest BCUT2D eigenvalue weighted by Gasteiger charge is -2.29. The zero-order chi connectivity index (χ0) is 25.8. The van der Waals surface area contributed by atoms with E-state index in [1.807, 2.05) is 0 Å². The van der Waals surface area contributed by atoms with Crippen molar-refractivity contribution < 1.29 is 36.9 Å². The Kier molecular flexibility index (Phi) is 7.94. The van der Waals surface area contributed by atoms with Gasteiger partial charge in [-0.05, 0) is 67.3 Å². The standard InChI is InChI=1S/C28H26F4O4/c1-2-35-23-14-13-22(26(31)27(23)32)28(34)36-19-9-7-18(8-10-19)21-12-11-20(24(29)25(21)30)17-5-3-16(15-33)4-6-17/h3-6,11-14,18-19,33H,2,7-10,15H2,1H3. The van der Waals surface area contributed by atoms with Gasteiger partial charge in [-0.3, -0.25) is 0 Å². The van der Waals surface area contributed by atoms with Crippen LogP contribution < -0.4 is 4.74 Å². The van der Waals surface area contributed by atoms with Gasteiger partial charge in [0.1, 0.15) is 6.10 Å². The fourth-order valence-electron chi connectivity index (χ4n) is 4.56. The van der Waals surface area contributed by atoms with E-state index in [0.29, 0.717) is 36.8 Å². The minimum atomic E-state index is -1.33. The van der Waals surface area contributed by atoms with Crippen LogP contribution in [-0.4, -0.2) is 23.8 Å². The predicted molar refractivity (Wildman–Crippen MR) is 126 cm³/mol. The Morgan fingerprint density at radius 1 is 0.861 bits per heavy atom. The van der Waals surface area contributed by atoms with E-state index in [9.17, 15) is 22.4 Å². The molecule has 3 aromatic rings. The van der Waals surface area contributed by atoms with Crippen LogP contribution in [-0.2, 0) is 11.3 Å². The highest BCUT2D eigenvalue weighted by molar-refractivity contribution is 5.90. The number of hydrogen-bond acceptors (Lipinski definition) is 4. The van der Waals surface area contributed by atoms with Crippen molar-refractivity contribution in [2.45, 2.75) is 51.2 Å². The van der Waals surface area contributed by atoms with Crippen LogP contribution in [0.25, 0.3) is 11.1 Å². The largest absolute Gasteiger partial charge is 0.491 e. The molecule has 0 aliphatic heterocycles. The van der Waals surface area contributed by atoms with E-state index in [0.717, 1.165) is 6.07 Å². The maximum absolute atomic E-state index is 15.0. The van der Waals surface area contributed by atoms with Crippen molar-refractivity contribution in [3.8, 4) is 16.9 Å². The molecule has 0 aromatic heterocycles. The zero-order valence-electron chi connectivity index (χ0n) is 19.7. The van der Waals surface area contributed by atoms with Gasteiger partial charge in [0.2, 0.25) is 5.82 Å². The van der Waals surface area contributed by atoms with Crippen molar-refractivity contribution in [2.24, 2.45) is 0 Å². The number of esters is 1. The zero-order valence-corrected chi connectivity index (χ0v) is 19.7. The summed E-state index contributed by atoms with van der Waals surface area (Å²) in [4.78, 5) is 12.4. The minimum Gasteiger partial charge on any atom is -0.491 e. The summed E-state index contributed by atoms with van der Waals surface area (Å²) in [6.45, 7) is 1.64. The van der Waals surface area contributed by atoms with Gasteiger partial charge >= 0.3 is 5.97 Å². The van der Waals surface area contributed by atoms with Crippen LogP contribution in [0.4, 0.5) is 17.6 Å². The average molecular weight is 503 g/mol. The van der Waals surface area contributed by atoms with Crippen LogP contribution in [0.15, 0.2) is 48.5 Å². The summed E-state index contributed by atoms with van der Waals surface area (Å²) in [6, 6.07) is 12.0. The van der Waals surface area contributed by atoms with Crippen LogP contribution in [0, 0.1) is 23.3 Å². The van der Waals surface area contributed by atoms with Gasteiger partial charge in [-0.25, -0.2) is 18.0 Å². The van der Waals surface area contributed by atoms with Crippen LogP contribution in [0.1, 0.15) is 60.0 Å². The number of carbonyl (C=O) groups excluding carboxylic acids is 1. The molecule has 36 heavy (non-hydrogen) atoms. The van der Waals surface area contributed by atoms with E-state index in [4.69, 9.17) is 14.6 Å². The second-order valence-corrected chi connectivity index (χ2v) is 8.74. The molecule has 0 saturated heterocycles. The summed E-state index contributed by atoms with van der Waals surface area (Å²) < 4.78 is 68.6. The van der Waals surface area contributed by atoms with E-state index in [2.05, 4.69) is 0 Å². The lowest BCUT2D eigenvalue weighted by molar-refractivity contribution is 0.0188. The first kappa shape index (κ1) is 25.7. The molecule has 0 atom stereocenters. The van der Waals surface area contributed by atoms with E-state index < -0.39 is 40.9 Å². The van der Waals surface area contributed by atoms with E-state index in [1.54, 1.807) is 37.3 Å². The number of hydrogen-bond donors (Lipinski definition) is 1. The van der Waals surface area contributed by atoms with Gasteiger partial charge in [-0.15, -0.1) is 0 Å². The molecule has 0 heterocycles. The Labute approximate surface area is 206 Å².